The van der Waals surface area contributed by atoms with E-state index >= 15 is 0 Å². The van der Waals surface area contributed by atoms with Crippen LogP contribution in [0.5, 0.6) is 0 Å². The zero-order valence-corrected chi connectivity index (χ0v) is 12.0. The Morgan fingerprint density at radius 2 is 2.16 bits per heavy atom. The molecule has 2 nitrogen and oxygen atoms in total. The molecule has 1 heterocycles. The SMILES string of the molecule is CC(N)Cc1c(F)cccc1N1CCCCCC1C. The summed E-state index contributed by atoms with van der Waals surface area (Å²) in [5.41, 5.74) is 7.70. The van der Waals surface area contributed by atoms with Gasteiger partial charge in [0.25, 0.3) is 0 Å². The van der Waals surface area contributed by atoms with Gasteiger partial charge in [-0.15, -0.1) is 0 Å². The number of hydrogen-bond donors (Lipinski definition) is 1. The van der Waals surface area contributed by atoms with Crippen LogP contribution in [0.25, 0.3) is 0 Å². The maximum atomic E-state index is 14.1. The number of benzene rings is 1. The third-order valence-electron chi connectivity index (χ3n) is 3.98. The van der Waals surface area contributed by atoms with E-state index < -0.39 is 0 Å². The van der Waals surface area contributed by atoms with E-state index in [4.69, 9.17) is 5.73 Å². The number of hydrogen-bond acceptors (Lipinski definition) is 2. The van der Waals surface area contributed by atoms with Gasteiger partial charge in [-0.1, -0.05) is 18.9 Å². The van der Waals surface area contributed by atoms with E-state index in [1.165, 1.54) is 25.7 Å². The molecule has 2 N–H and O–H groups in total. The molecular weight excluding hydrogens is 239 g/mol. The Morgan fingerprint density at radius 1 is 1.37 bits per heavy atom. The van der Waals surface area contributed by atoms with Crippen LogP contribution in [0.2, 0.25) is 0 Å². The Kier molecular flexibility index (Phi) is 4.81. The first-order chi connectivity index (χ1) is 9.09. The van der Waals surface area contributed by atoms with E-state index in [9.17, 15) is 4.39 Å². The van der Waals surface area contributed by atoms with Gasteiger partial charge in [-0.3, -0.25) is 0 Å². The van der Waals surface area contributed by atoms with Gasteiger partial charge in [-0.05, 0) is 45.2 Å². The number of halogens is 1. The molecule has 0 bridgehead atoms. The molecule has 0 spiro atoms. The second kappa shape index (κ2) is 6.38. The molecule has 3 heteroatoms. The molecule has 1 aliphatic heterocycles. The normalized spacial score (nSPS) is 22.1. The summed E-state index contributed by atoms with van der Waals surface area (Å²) in [5.74, 6) is -0.119. The summed E-state index contributed by atoms with van der Waals surface area (Å²) in [5, 5.41) is 0. The quantitative estimate of drug-likeness (QED) is 0.905. The van der Waals surface area contributed by atoms with Crippen LogP contribution in [0.3, 0.4) is 0 Å². The number of anilines is 1. The van der Waals surface area contributed by atoms with Gasteiger partial charge in [0.15, 0.2) is 0 Å². The fourth-order valence-corrected chi connectivity index (χ4v) is 2.97. The highest BCUT2D eigenvalue weighted by molar-refractivity contribution is 5.55. The molecule has 19 heavy (non-hydrogen) atoms. The highest BCUT2D eigenvalue weighted by Crippen LogP contribution is 2.29. The minimum Gasteiger partial charge on any atom is -0.369 e. The molecule has 1 aromatic carbocycles. The smallest absolute Gasteiger partial charge is 0.128 e. The van der Waals surface area contributed by atoms with Crippen LogP contribution in [0.15, 0.2) is 18.2 Å². The topological polar surface area (TPSA) is 29.3 Å². The van der Waals surface area contributed by atoms with E-state index in [1.54, 1.807) is 6.07 Å². The Morgan fingerprint density at radius 3 is 2.89 bits per heavy atom. The van der Waals surface area contributed by atoms with E-state index in [2.05, 4.69) is 11.8 Å². The van der Waals surface area contributed by atoms with Gasteiger partial charge in [-0.2, -0.15) is 0 Å². The summed E-state index contributed by atoms with van der Waals surface area (Å²) in [4.78, 5) is 2.37. The minimum atomic E-state index is -0.119. The molecule has 2 rings (SSSR count). The van der Waals surface area contributed by atoms with Gasteiger partial charge in [0.05, 0.1) is 0 Å². The average molecular weight is 264 g/mol. The summed E-state index contributed by atoms with van der Waals surface area (Å²) < 4.78 is 14.1. The third kappa shape index (κ3) is 3.47. The average Bonchev–Trinajstić information content (AvgIpc) is 2.56. The van der Waals surface area contributed by atoms with Crippen LogP contribution in [0.1, 0.15) is 45.1 Å². The van der Waals surface area contributed by atoms with Gasteiger partial charge < -0.3 is 10.6 Å². The van der Waals surface area contributed by atoms with Crippen LogP contribution in [-0.4, -0.2) is 18.6 Å². The Bertz CT molecular complexity index is 417. The first-order valence-electron chi connectivity index (χ1n) is 7.39. The molecule has 0 aliphatic carbocycles. The predicted octanol–water partition coefficient (Wildman–Crippen LogP) is 3.48. The van der Waals surface area contributed by atoms with Crippen molar-refractivity contribution < 1.29 is 4.39 Å². The molecule has 1 saturated heterocycles. The number of rotatable bonds is 3. The van der Waals surface area contributed by atoms with E-state index in [0.29, 0.717) is 12.5 Å². The Balaban J connectivity index is 2.33. The molecule has 0 radical (unpaired) electrons. The molecule has 1 fully saturated rings. The fourth-order valence-electron chi connectivity index (χ4n) is 2.97. The largest absolute Gasteiger partial charge is 0.369 e. The summed E-state index contributed by atoms with van der Waals surface area (Å²) in [6, 6.07) is 5.87. The summed E-state index contributed by atoms with van der Waals surface area (Å²) in [7, 11) is 0. The van der Waals surface area contributed by atoms with Gasteiger partial charge in [0.1, 0.15) is 5.82 Å². The predicted molar refractivity (Wildman–Crippen MR) is 79.0 cm³/mol. The zero-order chi connectivity index (χ0) is 13.8. The van der Waals surface area contributed by atoms with E-state index in [-0.39, 0.29) is 11.9 Å². The molecule has 106 valence electrons. The van der Waals surface area contributed by atoms with Gasteiger partial charge in [0, 0.05) is 29.9 Å². The zero-order valence-electron chi connectivity index (χ0n) is 12.0. The molecule has 0 aromatic heterocycles. The minimum absolute atomic E-state index is 0.0158. The van der Waals surface area contributed by atoms with Crippen molar-refractivity contribution in [2.45, 2.75) is 58.0 Å². The number of nitrogens with two attached hydrogens (primary N) is 1. The van der Waals surface area contributed by atoms with Crippen LogP contribution < -0.4 is 10.6 Å². The second-order valence-electron chi connectivity index (χ2n) is 5.81. The van der Waals surface area contributed by atoms with Crippen molar-refractivity contribution in [3.8, 4) is 0 Å². The van der Waals surface area contributed by atoms with Crippen molar-refractivity contribution in [2.75, 3.05) is 11.4 Å². The molecule has 1 aliphatic rings. The van der Waals surface area contributed by atoms with Crippen molar-refractivity contribution in [3.63, 3.8) is 0 Å². The van der Waals surface area contributed by atoms with Gasteiger partial charge in [0.2, 0.25) is 0 Å². The molecule has 0 amide bonds. The molecule has 2 unspecified atom stereocenters. The Labute approximate surface area is 115 Å². The lowest BCUT2D eigenvalue weighted by Gasteiger charge is -2.32. The third-order valence-corrected chi connectivity index (χ3v) is 3.98. The lowest BCUT2D eigenvalue weighted by molar-refractivity contribution is 0.582. The molecule has 2 atom stereocenters. The molecule has 1 aromatic rings. The van der Waals surface area contributed by atoms with E-state index in [0.717, 1.165) is 17.8 Å². The second-order valence-corrected chi connectivity index (χ2v) is 5.81. The standard InChI is InChI=1S/C16H25FN2/c1-12(18)11-14-15(17)8-6-9-16(14)19-10-5-3-4-7-13(19)2/h6,8-9,12-13H,3-5,7,10-11,18H2,1-2H3. The van der Waals surface area contributed by atoms with E-state index in [1.807, 2.05) is 19.1 Å². The van der Waals surface area contributed by atoms with Crippen molar-refractivity contribution in [2.24, 2.45) is 5.73 Å². The van der Waals surface area contributed by atoms with Crippen LogP contribution in [0.4, 0.5) is 10.1 Å². The van der Waals surface area contributed by atoms with Crippen molar-refractivity contribution in [3.05, 3.63) is 29.6 Å². The molecular formula is C16H25FN2. The van der Waals surface area contributed by atoms with Gasteiger partial charge >= 0.3 is 0 Å². The highest BCUT2D eigenvalue weighted by atomic mass is 19.1. The maximum absolute atomic E-state index is 14.1. The molecule has 0 saturated carbocycles. The summed E-state index contributed by atoms with van der Waals surface area (Å²) in [6.07, 6.45) is 5.53. The first-order valence-corrected chi connectivity index (χ1v) is 7.39. The van der Waals surface area contributed by atoms with Gasteiger partial charge in [-0.25, -0.2) is 4.39 Å². The Hall–Kier alpha value is -1.09. The number of nitrogens with zero attached hydrogens (tertiary/aromatic N) is 1. The van der Waals surface area contributed by atoms with Crippen LogP contribution >= 0.6 is 0 Å². The first kappa shape index (κ1) is 14.3. The maximum Gasteiger partial charge on any atom is 0.128 e. The van der Waals surface area contributed by atoms with Crippen molar-refractivity contribution in [1.29, 1.82) is 0 Å². The van der Waals surface area contributed by atoms with Crippen LogP contribution in [0, 0.1) is 5.82 Å². The van der Waals surface area contributed by atoms with Crippen molar-refractivity contribution >= 4 is 5.69 Å². The monoisotopic (exact) mass is 264 g/mol. The van der Waals surface area contributed by atoms with Crippen LogP contribution in [-0.2, 0) is 6.42 Å². The lowest BCUT2D eigenvalue weighted by Crippen LogP contribution is -2.34. The summed E-state index contributed by atoms with van der Waals surface area (Å²) >= 11 is 0. The summed E-state index contributed by atoms with van der Waals surface area (Å²) in [6.45, 7) is 5.20. The van der Waals surface area contributed by atoms with Crippen molar-refractivity contribution in [1.82, 2.24) is 0 Å². The highest BCUT2D eigenvalue weighted by Gasteiger charge is 2.21. The fraction of sp³-hybridized carbons (Fsp3) is 0.625. The lowest BCUT2D eigenvalue weighted by atomic mass is 10.0.